The molecule has 0 radical (unpaired) electrons. The van der Waals surface area contributed by atoms with Gasteiger partial charge in [-0.05, 0) is 12.8 Å². The molecular weight excluding hydrogens is 192 g/mol. The van der Waals surface area contributed by atoms with Gasteiger partial charge in [0.2, 0.25) is 0 Å². The fraction of sp³-hybridized carbons (Fsp3) is 1.00. The van der Waals surface area contributed by atoms with Crippen molar-refractivity contribution in [1.29, 1.82) is 0 Å². The normalized spacial score (nSPS) is 13.0. The van der Waals surface area contributed by atoms with Gasteiger partial charge < -0.3 is 14.6 Å². The predicted molar refractivity (Wildman–Crippen MR) is 62.1 cm³/mol. The van der Waals surface area contributed by atoms with E-state index < -0.39 is 0 Å². The van der Waals surface area contributed by atoms with Crippen molar-refractivity contribution in [2.24, 2.45) is 0 Å². The molecule has 15 heavy (non-hydrogen) atoms. The number of unbranched alkanes of at least 4 members (excludes halogenated alkanes) is 2. The van der Waals surface area contributed by atoms with Crippen molar-refractivity contribution in [3.05, 3.63) is 0 Å². The SMILES string of the molecule is CCCCOC(CCCC)COCCO. The van der Waals surface area contributed by atoms with Gasteiger partial charge in [0.05, 0.1) is 25.9 Å². The Morgan fingerprint density at radius 1 is 1.07 bits per heavy atom. The van der Waals surface area contributed by atoms with Crippen LogP contribution in [-0.2, 0) is 9.47 Å². The van der Waals surface area contributed by atoms with Crippen molar-refractivity contribution in [3.63, 3.8) is 0 Å². The highest BCUT2D eigenvalue weighted by Gasteiger charge is 2.08. The first-order valence-corrected chi connectivity index (χ1v) is 6.15. The van der Waals surface area contributed by atoms with Crippen LogP contribution in [-0.4, -0.2) is 37.6 Å². The van der Waals surface area contributed by atoms with Crippen LogP contribution in [0.3, 0.4) is 0 Å². The second-order valence-corrected chi connectivity index (χ2v) is 3.79. The van der Waals surface area contributed by atoms with Crippen LogP contribution in [0.5, 0.6) is 0 Å². The molecule has 3 heteroatoms. The zero-order valence-corrected chi connectivity index (χ0v) is 10.2. The molecule has 0 aliphatic heterocycles. The zero-order chi connectivity index (χ0) is 11.4. The number of aliphatic hydroxyl groups is 1. The Hall–Kier alpha value is -0.120. The fourth-order valence-corrected chi connectivity index (χ4v) is 1.32. The van der Waals surface area contributed by atoms with Gasteiger partial charge in [-0.2, -0.15) is 0 Å². The summed E-state index contributed by atoms with van der Waals surface area (Å²) in [5.41, 5.74) is 0. The van der Waals surface area contributed by atoms with E-state index in [1.807, 2.05) is 0 Å². The minimum Gasteiger partial charge on any atom is -0.394 e. The third-order valence-electron chi connectivity index (χ3n) is 2.27. The van der Waals surface area contributed by atoms with Crippen LogP contribution in [0.25, 0.3) is 0 Å². The lowest BCUT2D eigenvalue weighted by molar-refractivity contribution is -0.0287. The minimum atomic E-state index is 0.0927. The second kappa shape index (κ2) is 12.0. The molecule has 1 atom stereocenters. The molecule has 92 valence electrons. The molecule has 0 aliphatic carbocycles. The van der Waals surface area contributed by atoms with Crippen molar-refractivity contribution in [2.75, 3.05) is 26.4 Å². The summed E-state index contributed by atoms with van der Waals surface area (Å²) in [5, 5.41) is 8.60. The van der Waals surface area contributed by atoms with Crippen molar-refractivity contribution < 1.29 is 14.6 Å². The Bertz CT molecular complexity index is 107. The Kier molecular flexibility index (Phi) is 11.9. The predicted octanol–water partition coefficient (Wildman–Crippen LogP) is 2.37. The van der Waals surface area contributed by atoms with E-state index in [0.717, 1.165) is 25.9 Å². The minimum absolute atomic E-state index is 0.0927. The number of hydrogen-bond acceptors (Lipinski definition) is 3. The molecule has 0 saturated carbocycles. The third kappa shape index (κ3) is 10.2. The first-order chi connectivity index (χ1) is 7.35. The fourth-order valence-electron chi connectivity index (χ4n) is 1.32. The van der Waals surface area contributed by atoms with Gasteiger partial charge in [0.1, 0.15) is 0 Å². The summed E-state index contributed by atoms with van der Waals surface area (Å²) in [6, 6.07) is 0. The van der Waals surface area contributed by atoms with Gasteiger partial charge in [-0.3, -0.25) is 0 Å². The summed E-state index contributed by atoms with van der Waals surface area (Å²) in [7, 11) is 0. The van der Waals surface area contributed by atoms with Crippen molar-refractivity contribution >= 4 is 0 Å². The van der Waals surface area contributed by atoms with Crippen LogP contribution in [0.1, 0.15) is 46.0 Å². The number of ether oxygens (including phenoxy) is 2. The summed E-state index contributed by atoms with van der Waals surface area (Å²) >= 11 is 0. The monoisotopic (exact) mass is 218 g/mol. The van der Waals surface area contributed by atoms with E-state index in [9.17, 15) is 0 Å². The van der Waals surface area contributed by atoms with Crippen LogP contribution >= 0.6 is 0 Å². The molecule has 0 amide bonds. The molecule has 0 heterocycles. The summed E-state index contributed by atoms with van der Waals surface area (Å²) in [4.78, 5) is 0. The first kappa shape index (κ1) is 14.9. The van der Waals surface area contributed by atoms with E-state index in [4.69, 9.17) is 14.6 Å². The van der Waals surface area contributed by atoms with Crippen molar-refractivity contribution in [1.82, 2.24) is 0 Å². The smallest absolute Gasteiger partial charge is 0.0808 e. The Morgan fingerprint density at radius 2 is 1.80 bits per heavy atom. The molecule has 0 bridgehead atoms. The molecule has 0 aromatic heterocycles. The number of rotatable bonds is 11. The van der Waals surface area contributed by atoms with Crippen molar-refractivity contribution in [2.45, 2.75) is 52.1 Å². The quantitative estimate of drug-likeness (QED) is 0.541. The number of aliphatic hydroxyl groups excluding tert-OH is 1. The van der Waals surface area contributed by atoms with E-state index in [1.54, 1.807) is 0 Å². The lowest BCUT2D eigenvalue weighted by atomic mass is 10.2. The highest BCUT2D eigenvalue weighted by molar-refractivity contribution is 4.57. The second-order valence-electron chi connectivity index (χ2n) is 3.79. The van der Waals surface area contributed by atoms with Gasteiger partial charge in [-0.15, -0.1) is 0 Å². The highest BCUT2D eigenvalue weighted by atomic mass is 16.5. The molecule has 1 N–H and O–H groups in total. The van der Waals surface area contributed by atoms with Gasteiger partial charge in [0.15, 0.2) is 0 Å². The van der Waals surface area contributed by atoms with Gasteiger partial charge >= 0.3 is 0 Å². The summed E-state index contributed by atoms with van der Waals surface area (Å²) in [5.74, 6) is 0. The molecule has 0 fully saturated rings. The lowest BCUT2D eigenvalue weighted by Gasteiger charge is -2.17. The first-order valence-electron chi connectivity index (χ1n) is 6.15. The van der Waals surface area contributed by atoms with Crippen LogP contribution < -0.4 is 0 Å². The molecule has 1 unspecified atom stereocenters. The summed E-state index contributed by atoms with van der Waals surface area (Å²) < 4.78 is 11.0. The molecule has 0 aromatic rings. The van der Waals surface area contributed by atoms with Crippen LogP contribution in [0, 0.1) is 0 Å². The molecule has 0 saturated heterocycles. The molecule has 0 aromatic carbocycles. The van der Waals surface area contributed by atoms with E-state index in [2.05, 4.69) is 13.8 Å². The van der Waals surface area contributed by atoms with Crippen LogP contribution in [0.4, 0.5) is 0 Å². The molecule has 0 rings (SSSR count). The zero-order valence-electron chi connectivity index (χ0n) is 10.2. The van der Waals surface area contributed by atoms with E-state index in [1.165, 1.54) is 12.8 Å². The van der Waals surface area contributed by atoms with Gasteiger partial charge in [0, 0.05) is 6.61 Å². The van der Waals surface area contributed by atoms with Crippen molar-refractivity contribution in [3.8, 4) is 0 Å². The number of hydrogen-bond donors (Lipinski definition) is 1. The van der Waals surface area contributed by atoms with Crippen LogP contribution in [0.15, 0.2) is 0 Å². The highest BCUT2D eigenvalue weighted by Crippen LogP contribution is 2.06. The molecule has 3 nitrogen and oxygen atoms in total. The Balaban J connectivity index is 3.53. The Morgan fingerprint density at radius 3 is 2.40 bits per heavy atom. The average molecular weight is 218 g/mol. The average Bonchev–Trinajstić information content (AvgIpc) is 2.25. The third-order valence-corrected chi connectivity index (χ3v) is 2.27. The van der Waals surface area contributed by atoms with E-state index in [0.29, 0.717) is 13.2 Å². The largest absolute Gasteiger partial charge is 0.394 e. The van der Waals surface area contributed by atoms with E-state index in [-0.39, 0.29) is 12.7 Å². The Labute approximate surface area is 93.8 Å². The maximum Gasteiger partial charge on any atom is 0.0808 e. The topological polar surface area (TPSA) is 38.7 Å². The van der Waals surface area contributed by atoms with E-state index >= 15 is 0 Å². The maximum absolute atomic E-state index is 8.60. The standard InChI is InChI=1S/C12H26O3/c1-3-5-7-12(11-14-10-8-13)15-9-6-4-2/h12-13H,3-11H2,1-2H3. The van der Waals surface area contributed by atoms with Gasteiger partial charge in [-0.25, -0.2) is 0 Å². The molecular formula is C12H26O3. The maximum atomic E-state index is 8.60. The lowest BCUT2D eigenvalue weighted by Crippen LogP contribution is -2.21. The summed E-state index contributed by atoms with van der Waals surface area (Å²) in [6.45, 7) is 6.29. The molecule has 0 aliphatic rings. The molecule has 0 spiro atoms. The van der Waals surface area contributed by atoms with Crippen LogP contribution in [0.2, 0.25) is 0 Å². The van der Waals surface area contributed by atoms with Gasteiger partial charge in [0.25, 0.3) is 0 Å². The van der Waals surface area contributed by atoms with Gasteiger partial charge in [-0.1, -0.05) is 33.1 Å². The summed E-state index contributed by atoms with van der Waals surface area (Å²) in [6.07, 6.45) is 5.92.